The Hall–Kier alpha value is 0.0603. The van der Waals surface area contributed by atoms with E-state index in [1.807, 2.05) is 0 Å². The molecule has 0 fully saturated rings. The van der Waals surface area contributed by atoms with Crippen molar-refractivity contribution in [1.29, 1.82) is 0 Å². The summed E-state index contributed by atoms with van der Waals surface area (Å²) in [6, 6.07) is 8.18. The Balaban J connectivity index is 0.00000121. The van der Waals surface area contributed by atoms with Gasteiger partial charge in [0.15, 0.2) is 0 Å². The Morgan fingerprint density at radius 3 is 2.08 bits per heavy atom. The van der Waals surface area contributed by atoms with Crippen molar-refractivity contribution in [2.75, 3.05) is 0 Å². The number of rotatable bonds is 2. The molecule has 0 saturated carbocycles. The van der Waals surface area contributed by atoms with Crippen molar-refractivity contribution >= 4 is 20.8 Å². The van der Waals surface area contributed by atoms with Crippen LogP contribution < -0.4 is 4.18 Å². The predicted octanol–water partition coefficient (Wildman–Crippen LogP) is 1.24. The molecule has 0 amide bonds. The van der Waals surface area contributed by atoms with Gasteiger partial charge >= 0.3 is 9.15 Å². The summed E-state index contributed by atoms with van der Waals surface area (Å²) in [5, 5.41) is 0. The molecule has 0 spiro atoms. The first kappa shape index (κ1) is 12.1. The molecule has 12 heavy (non-hydrogen) atoms. The molecule has 1 aromatic rings. The molecule has 6 heteroatoms. The van der Waals surface area contributed by atoms with Crippen molar-refractivity contribution < 1.29 is 35.0 Å². The van der Waals surface area contributed by atoms with Gasteiger partial charge in [-0.1, -0.05) is 18.2 Å². The van der Waals surface area contributed by atoms with Gasteiger partial charge in [-0.3, -0.25) is 0 Å². The third kappa shape index (κ3) is 4.84. The van der Waals surface area contributed by atoms with Crippen LogP contribution in [-0.4, -0.2) is 8.42 Å². The second kappa shape index (κ2) is 4.94. The van der Waals surface area contributed by atoms with Gasteiger partial charge in [-0.05, 0) is 23.8 Å². The maximum absolute atomic E-state index is 10.4. The molecule has 1 rings (SSSR count). The monoisotopic (exact) mass is 297 g/mol. The third-order valence-corrected chi connectivity index (χ3v) is 1.57. The van der Waals surface area contributed by atoms with Crippen LogP contribution in [0.3, 0.4) is 0 Å². The van der Waals surface area contributed by atoms with Crippen molar-refractivity contribution in [3.8, 4) is 5.75 Å². The molecule has 71 valence electrons. The minimum absolute atomic E-state index is 0. The maximum Gasteiger partial charge on any atom is 0.363 e. The standard InChI is InChI=1S/C6H6O3S2.Ag/c7-11(8,10)9-6-4-2-1-3-5-6;/h1-5H,(H,7,8,10);. The molecule has 0 aliphatic carbocycles. The fourth-order valence-corrected chi connectivity index (χ4v) is 1.21. The molecular formula is C6H6AgO3S2. The van der Waals surface area contributed by atoms with E-state index in [0.717, 1.165) is 0 Å². The van der Waals surface area contributed by atoms with Crippen LogP contribution in [0, 0.1) is 0 Å². The van der Waals surface area contributed by atoms with Crippen LogP contribution in [0.2, 0.25) is 0 Å². The summed E-state index contributed by atoms with van der Waals surface area (Å²) in [4.78, 5) is 0. The molecule has 0 N–H and O–H groups in total. The van der Waals surface area contributed by atoms with Crippen LogP contribution in [0.4, 0.5) is 0 Å². The van der Waals surface area contributed by atoms with E-state index in [2.05, 4.69) is 15.8 Å². The number of hydrogen-bond acceptors (Lipinski definition) is 3. The minimum Gasteiger partial charge on any atom is -0.375 e. The molecule has 0 unspecified atom stereocenters. The van der Waals surface area contributed by atoms with E-state index in [1.54, 1.807) is 18.2 Å². The fourth-order valence-electron chi connectivity index (χ4n) is 0.598. The summed E-state index contributed by atoms with van der Waals surface area (Å²) in [7, 11) is -3.68. The Morgan fingerprint density at radius 1 is 1.17 bits per heavy atom. The van der Waals surface area contributed by atoms with E-state index in [1.165, 1.54) is 12.1 Å². The maximum atomic E-state index is 10.4. The second-order valence-electron chi connectivity index (χ2n) is 1.82. The second-order valence-corrected chi connectivity index (χ2v) is 4.19. The average Bonchev–Trinajstić information content (AvgIpc) is 1.85. The quantitative estimate of drug-likeness (QED) is 0.507. The van der Waals surface area contributed by atoms with E-state index >= 15 is 0 Å². The normalized spacial score (nSPS) is 10.1. The predicted molar refractivity (Wildman–Crippen MR) is 45.0 cm³/mol. The van der Waals surface area contributed by atoms with Gasteiger partial charge < -0.3 is 4.18 Å². The molecule has 0 saturated heterocycles. The average molecular weight is 298 g/mol. The van der Waals surface area contributed by atoms with Gasteiger partial charge in [0.05, 0.1) is 0 Å². The zero-order chi connectivity index (χ0) is 8.32. The van der Waals surface area contributed by atoms with Crippen LogP contribution in [0.1, 0.15) is 0 Å². The van der Waals surface area contributed by atoms with Gasteiger partial charge in [0, 0.05) is 22.4 Å². The summed E-state index contributed by atoms with van der Waals surface area (Å²) < 4.78 is 25.3. The smallest absolute Gasteiger partial charge is 0.363 e. The number of benzene rings is 1. The zero-order valence-electron chi connectivity index (χ0n) is 5.77. The SMILES string of the molecule is O=S(=O)(S)Oc1ccccc1.[Ag]. The summed E-state index contributed by atoms with van der Waals surface area (Å²) in [5.41, 5.74) is 0. The van der Waals surface area contributed by atoms with Crippen molar-refractivity contribution in [2.24, 2.45) is 0 Å². The number of hydrogen-bond donors (Lipinski definition) is 1. The van der Waals surface area contributed by atoms with E-state index in [9.17, 15) is 8.42 Å². The van der Waals surface area contributed by atoms with Crippen LogP contribution >= 0.6 is 11.7 Å². The molecule has 0 atom stereocenters. The van der Waals surface area contributed by atoms with Gasteiger partial charge in [-0.25, -0.2) is 0 Å². The molecule has 0 heterocycles. The molecule has 0 bridgehead atoms. The van der Waals surface area contributed by atoms with E-state index < -0.39 is 9.15 Å². The molecule has 0 aromatic heterocycles. The Labute approximate surface area is 91.6 Å². The Morgan fingerprint density at radius 2 is 1.67 bits per heavy atom. The minimum atomic E-state index is -3.68. The van der Waals surface area contributed by atoms with Crippen molar-refractivity contribution in [1.82, 2.24) is 0 Å². The zero-order valence-corrected chi connectivity index (χ0v) is 8.96. The molecule has 1 radical (unpaired) electrons. The van der Waals surface area contributed by atoms with Crippen LogP contribution in [-0.2, 0) is 31.5 Å². The summed E-state index contributed by atoms with van der Waals surface area (Å²) in [6.07, 6.45) is 0. The first-order valence-electron chi connectivity index (χ1n) is 2.80. The first-order chi connectivity index (χ1) is 5.08. The summed E-state index contributed by atoms with van der Waals surface area (Å²) in [6.45, 7) is 0. The largest absolute Gasteiger partial charge is 0.375 e. The van der Waals surface area contributed by atoms with Crippen molar-refractivity contribution in [3.05, 3.63) is 30.3 Å². The van der Waals surface area contributed by atoms with Gasteiger partial charge in [-0.2, -0.15) is 8.42 Å². The van der Waals surface area contributed by atoms with Gasteiger partial charge in [-0.15, -0.1) is 0 Å². The van der Waals surface area contributed by atoms with Crippen LogP contribution in [0.15, 0.2) is 30.3 Å². The molecule has 0 aliphatic rings. The van der Waals surface area contributed by atoms with E-state index in [-0.39, 0.29) is 28.1 Å². The van der Waals surface area contributed by atoms with Gasteiger partial charge in [0.25, 0.3) is 0 Å². The molecule has 3 nitrogen and oxygen atoms in total. The first-order valence-corrected chi connectivity index (χ1v) is 5.26. The van der Waals surface area contributed by atoms with E-state index in [4.69, 9.17) is 0 Å². The van der Waals surface area contributed by atoms with Crippen LogP contribution in [0.5, 0.6) is 5.75 Å². The molecule has 0 aliphatic heterocycles. The number of thiol groups is 1. The van der Waals surface area contributed by atoms with Gasteiger partial charge in [0.2, 0.25) is 0 Å². The topological polar surface area (TPSA) is 43.4 Å². The number of para-hydroxylation sites is 1. The van der Waals surface area contributed by atoms with Crippen molar-refractivity contribution in [3.63, 3.8) is 0 Å². The van der Waals surface area contributed by atoms with E-state index in [0.29, 0.717) is 0 Å². The van der Waals surface area contributed by atoms with Crippen LogP contribution in [0.25, 0.3) is 0 Å². The summed E-state index contributed by atoms with van der Waals surface area (Å²) >= 11 is 3.22. The fraction of sp³-hybridized carbons (Fsp3) is 0. The summed E-state index contributed by atoms with van der Waals surface area (Å²) in [5.74, 6) is 0.266. The van der Waals surface area contributed by atoms with Crippen molar-refractivity contribution in [2.45, 2.75) is 0 Å². The third-order valence-electron chi connectivity index (χ3n) is 0.945. The Kier molecular flexibility index (Phi) is 4.96. The molecular weight excluding hydrogens is 292 g/mol. The molecule has 1 aromatic carbocycles. The Bertz CT molecular complexity index is 322. The van der Waals surface area contributed by atoms with Gasteiger partial charge in [0.1, 0.15) is 5.75 Å².